The number of carbonyl (C=O) groups excluding carboxylic acids is 2. The normalized spacial score (nSPS) is 14.8. The van der Waals surface area contributed by atoms with Gasteiger partial charge in [-0.25, -0.2) is 18.0 Å². The Morgan fingerprint density at radius 1 is 1.08 bits per heavy atom. The van der Waals surface area contributed by atoms with Crippen LogP contribution < -0.4 is 10.1 Å². The van der Waals surface area contributed by atoms with E-state index < -0.39 is 29.1 Å². The van der Waals surface area contributed by atoms with Gasteiger partial charge in [-0.15, -0.1) is 0 Å². The van der Waals surface area contributed by atoms with Crippen molar-refractivity contribution in [3.05, 3.63) is 46.5 Å². The van der Waals surface area contributed by atoms with E-state index in [4.69, 9.17) is 9.47 Å². The van der Waals surface area contributed by atoms with E-state index in [1.165, 1.54) is 0 Å². The minimum Gasteiger partial charge on any atom is -0.453 e. The molecule has 1 N–H and O–H groups in total. The van der Waals surface area contributed by atoms with Gasteiger partial charge in [-0.1, -0.05) is 0 Å². The zero-order valence-electron chi connectivity index (χ0n) is 22.5. The summed E-state index contributed by atoms with van der Waals surface area (Å²) < 4.78 is 51.0. The minimum atomic E-state index is -1.47. The largest absolute Gasteiger partial charge is 0.453 e. The van der Waals surface area contributed by atoms with Crippen molar-refractivity contribution < 1.29 is 32.2 Å². The number of aromatic nitrogens is 2. The van der Waals surface area contributed by atoms with Crippen molar-refractivity contribution in [3.8, 4) is 6.01 Å². The maximum absolute atomic E-state index is 13.5. The van der Waals surface area contributed by atoms with Gasteiger partial charge in [-0.3, -0.25) is 15.0 Å². The number of amides is 2. The van der Waals surface area contributed by atoms with Gasteiger partial charge in [-0.05, 0) is 65.2 Å². The fraction of sp³-hybridized carbons (Fsp3) is 0.538. The first-order valence-electron chi connectivity index (χ1n) is 12.3. The number of rotatable bonds is 7. The molecule has 0 aliphatic carbocycles. The standard InChI is InChI=1S/C26H34F3N5O4/c1-15-23(32-25(36)38-26(3,4)5)16(2)31-24(30-15)37-14-21(35)33(6)18-7-9-34(10-8-18)13-17-11-19(27)22(29)20(28)12-17/h11-12,18H,7-10,13-14H2,1-6H3,(H,32,36). The number of anilines is 1. The predicted octanol–water partition coefficient (Wildman–Crippen LogP) is 4.36. The molecule has 0 spiro atoms. The molecule has 0 bridgehead atoms. The number of nitrogens with one attached hydrogen (secondary N) is 1. The molecule has 1 aliphatic heterocycles. The van der Waals surface area contributed by atoms with E-state index in [1.54, 1.807) is 46.6 Å². The van der Waals surface area contributed by atoms with Gasteiger partial charge in [0.25, 0.3) is 5.91 Å². The van der Waals surface area contributed by atoms with Gasteiger partial charge in [0.2, 0.25) is 0 Å². The molecule has 3 rings (SSSR count). The molecule has 2 heterocycles. The van der Waals surface area contributed by atoms with Crippen LogP contribution >= 0.6 is 0 Å². The van der Waals surface area contributed by atoms with Gasteiger partial charge < -0.3 is 14.4 Å². The van der Waals surface area contributed by atoms with Crippen molar-refractivity contribution in [3.63, 3.8) is 0 Å². The van der Waals surface area contributed by atoms with Gasteiger partial charge in [0, 0.05) is 32.7 Å². The first kappa shape index (κ1) is 29.2. The van der Waals surface area contributed by atoms with Gasteiger partial charge in [0.05, 0.1) is 17.1 Å². The minimum absolute atomic E-state index is 0.0186. The maximum Gasteiger partial charge on any atom is 0.412 e. The number of nitrogens with zero attached hydrogens (tertiary/aromatic N) is 4. The lowest BCUT2D eigenvalue weighted by molar-refractivity contribution is -0.135. The van der Waals surface area contributed by atoms with Crippen LogP contribution in [-0.4, -0.2) is 70.2 Å². The first-order valence-corrected chi connectivity index (χ1v) is 12.3. The van der Waals surface area contributed by atoms with Crippen LogP contribution in [0, 0.1) is 31.3 Å². The fourth-order valence-electron chi connectivity index (χ4n) is 4.19. The topological polar surface area (TPSA) is 96.9 Å². The smallest absolute Gasteiger partial charge is 0.412 e. The van der Waals surface area contributed by atoms with Crippen LogP contribution in [0.5, 0.6) is 6.01 Å². The number of likely N-dealkylation sites (N-methyl/N-ethyl adjacent to an activating group) is 1. The van der Waals surface area contributed by atoms with Crippen LogP contribution in [0.2, 0.25) is 0 Å². The summed E-state index contributed by atoms with van der Waals surface area (Å²) in [5, 5.41) is 2.64. The number of carbonyl (C=O) groups is 2. The van der Waals surface area contributed by atoms with E-state index in [0.29, 0.717) is 48.6 Å². The molecule has 1 aliphatic rings. The lowest BCUT2D eigenvalue weighted by Crippen LogP contribution is -2.46. The third-order valence-electron chi connectivity index (χ3n) is 6.15. The molecule has 0 radical (unpaired) electrons. The van der Waals surface area contributed by atoms with E-state index >= 15 is 0 Å². The first-order chi connectivity index (χ1) is 17.7. The number of hydrogen-bond donors (Lipinski definition) is 1. The number of likely N-dealkylation sites (tertiary alicyclic amines) is 1. The van der Waals surface area contributed by atoms with Crippen LogP contribution in [0.1, 0.15) is 50.6 Å². The molecule has 0 atom stereocenters. The van der Waals surface area contributed by atoms with Crippen molar-refractivity contribution >= 4 is 17.7 Å². The third kappa shape index (κ3) is 7.80. The molecular weight excluding hydrogens is 503 g/mol. The highest BCUT2D eigenvalue weighted by molar-refractivity contribution is 5.86. The molecule has 208 valence electrons. The van der Waals surface area contributed by atoms with Gasteiger partial charge in [0.1, 0.15) is 5.60 Å². The molecular formula is C26H34F3N5O4. The van der Waals surface area contributed by atoms with Gasteiger partial charge >= 0.3 is 12.1 Å². The second kappa shape index (κ2) is 12.0. The fourth-order valence-corrected chi connectivity index (χ4v) is 4.19. The zero-order chi connectivity index (χ0) is 28.2. The number of halogens is 3. The van der Waals surface area contributed by atoms with Crippen molar-refractivity contribution in [2.24, 2.45) is 0 Å². The van der Waals surface area contributed by atoms with E-state index in [1.807, 2.05) is 4.90 Å². The lowest BCUT2D eigenvalue weighted by Gasteiger charge is -2.36. The number of hydrogen-bond acceptors (Lipinski definition) is 7. The average molecular weight is 538 g/mol. The number of aryl methyl sites for hydroxylation is 2. The van der Waals surface area contributed by atoms with Crippen molar-refractivity contribution in [1.82, 2.24) is 19.8 Å². The molecule has 38 heavy (non-hydrogen) atoms. The predicted molar refractivity (Wildman–Crippen MR) is 134 cm³/mol. The van der Waals surface area contributed by atoms with Crippen LogP contribution in [0.25, 0.3) is 0 Å². The summed E-state index contributed by atoms with van der Waals surface area (Å²) in [6.45, 7) is 9.89. The highest BCUT2D eigenvalue weighted by atomic mass is 19.2. The third-order valence-corrected chi connectivity index (χ3v) is 6.15. The molecule has 2 aromatic rings. The second-order valence-corrected chi connectivity index (χ2v) is 10.4. The molecule has 1 aromatic carbocycles. The van der Waals surface area contributed by atoms with Crippen molar-refractivity contribution in [1.29, 1.82) is 0 Å². The average Bonchev–Trinajstić information content (AvgIpc) is 2.82. The molecule has 12 heteroatoms. The molecule has 2 amide bonds. The van der Waals surface area contributed by atoms with E-state index in [-0.39, 0.29) is 31.1 Å². The van der Waals surface area contributed by atoms with Crippen LogP contribution in [0.4, 0.5) is 23.7 Å². The summed E-state index contributed by atoms with van der Waals surface area (Å²) in [7, 11) is 1.70. The Morgan fingerprint density at radius 3 is 2.16 bits per heavy atom. The summed E-state index contributed by atoms with van der Waals surface area (Å²) >= 11 is 0. The van der Waals surface area contributed by atoms with Crippen LogP contribution in [-0.2, 0) is 16.1 Å². The SMILES string of the molecule is Cc1nc(OCC(=O)N(C)C2CCN(Cc3cc(F)c(F)c(F)c3)CC2)nc(C)c1NC(=O)OC(C)(C)C. The summed E-state index contributed by atoms with van der Waals surface area (Å²) in [6, 6.07) is 1.99. The van der Waals surface area contributed by atoms with Crippen LogP contribution in [0.3, 0.4) is 0 Å². The second-order valence-electron chi connectivity index (χ2n) is 10.4. The highest BCUT2D eigenvalue weighted by Gasteiger charge is 2.26. The molecule has 1 aromatic heterocycles. The quantitative estimate of drug-likeness (QED) is 0.525. The maximum atomic E-state index is 13.5. The van der Waals surface area contributed by atoms with Gasteiger partial charge in [0.15, 0.2) is 24.1 Å². The number of ether oxygens (including phenoxy) is 2. The van der Waals surface area contributed by atoms with Crippen LogP contribution in [0.15, 0.2) is 12.1 Å². The Morgan fingerprint density at radius 2 is 1.63 bits per heavy atom. The summed E-state index contributed by atoms with van der Waals surface area (Å²) in [5.41, 5.74) is 1.05. The Bertz CT molecular complexity index is 1130. The monoisotopic (exact) mass is 537 g/mol. The Balaban J connectivity index is 1.49. The lowest BCUT2D eigenvalue weighted by atomic mass is 10.0. The summed E-state index contributed by atoms with van der Waals surface area (Å²) in [4.78, 5) is 36.9. The molecule has 1 fully saturated rings. The molecule has 0 saturated carbocycles. The molecule has 0 unspecified atom stereocenters. The Kier molecular flexibility index (Phi) is 9.18. The summed E-state index contributed by atoms with van der Waals surface area (Å²) in [6.07, 6.45) is 0.697. The Labute approximate surface area is 220 Å². The van der Waals surface area contributed by atoms with E-state index in [9.17, 15) is 22.8 Å². The van der Waals surface area contributed by atoms with E-state index in [0.717, 1.165) is 12.1 Å². The highest BCUT2D eigenvalue weighted by Crippen LogP contribution is 2.22. The van der Waals surface area contributed by atoms with Gasteiger partial charge in [-0.2, -0.15) is 9.97 Å². The number of piperidine rings is 1. The summed E-state index contributed by atoms with van der Waals surface area (Å²) in [5.74, 6) is -4.13. The zero-order valence-corrected chi connectivity index (χ0v) is 22.5. The Hall–Kier alpha value is -3.41. The number of benzene rings is 1. The van der Waals surface area contributed by atoms with Crippen molar-refractivity contribution in [2.45, 2.75) is 65.6 Å². The van der Waals surface area contributed by atoms with Crippen molar-refractivity contribution in [2.75, 3.05) is 32.1 Å². The molecule has 9 nitrogen and oxygen atoms in total. The van der Waals surface area contributed by atoms with E-state index in [2.05, 4.69) is 15.3 Å². The molecule has 1 saturated heterocycles.